The molecule has 9 heteroatoms. The maximum atomic E-state index is 10.2. The Balaban J connectivity index is 1.96. The molecule has 0 saturated carbocycles. The molecule has 0 amide bonds. The van der Waals surface area contributed by atoms with E-state index in [1.165, 1.54) is 0 Å². The predicted octanol–water partition coefficient (Wildman–Crippen LogP) is 1.26. The molecule has 0 unspecified atom stereocenters. The molecule has 0 bridgehead atoms. The first-order chi connectivity index (χ1) is 11.4. The van der Waals surface area contributed by atoms with Crippen molar-refractivity contribution in [2.75, 3.05) is 6.61 Å². The Morgan fingerprint density at radius 1 is 1.38 bits per heavy atom. The first-order valence-corrected chi connectivity index (χ1v) is 8.33. The van der Waals surface area contributed by atoms with E-state index in [1.54, 1.807) is 10.6 Å². The lowest BCUT2D eigenvalue weighted by molar-refractivity contribution is -0.287. The second kappa shape index (κ2) is 6.80. The molecule has 2 heterocycles. The molecule has 1 aromatic heterocycles. The van der Waals surface area contributed by atoms with E-state index in [2.05, 4.69) is 15.9 Å². The third-order valence-corrected chi connectivity index (χ3v) is 5.23. The molecule has 3 N–H and O–H groups in total. The number of aryl methyl sites for hydroxylation is 1. The van der Waals surface area contributed by atoms with E-state index in [0.29, 0.717) is 5.88 Å². The van der Waals surface area contributed by atoms with Gasteiger partial charge in [0.25, 0.3) is 0 Å². The Morgan fingerprint density at radius 3 is 2.71 bits per heavy atom. The number of alkyl halides is 1. The van der Waals surface area contributed by atoms with Crippen LogP contribution in [0.15, 0.2) is 30.3 Å². The standard InChI is InChI=1S/C15H17BrClNO6/c1-18-9-5-3-2-4-8(9)6-10(18)22-12-11(20)14(21)23-15(16,7-19)13(12)24-17/h2-6,11-14,19-21H,7H2,1H3/t11-,12-,13+,14+,15-/m1/s1. The maximum absolute atomic E-state index is 10.2. The zero-order valence-electron chi connectivity index (χ0n) is 12.7. The molecule has 0 radical (unpaired) electrons. The smallest absolute Gasteiger partial charge is 0.194 e. The molecule has 1 fully saturated rings. The Kier molecular flexibility index (Phi) is 5.08. The van der Waals surface area contributed by atoms with Gasteiger partial charge in [-0.2, -0.15) is 0 Å². The van der Waals surface area contributed by atoms with Crippen LogP contribution in [-0.2, 0) is 16.1 Å². The summed E-state index contributed by atoms with van der Waals surface area (Å²) in [5, 5.41) is 30.7. The van der Waals surface area contributed by atoms with Crippen molar-refractivity contribution in [2.24, 2.45) is 7.05 Å². The van der Waals surface area contributed by atoms with E-state index in [0.717, 1.165) is 10.9 Å². The highest BCUT2D eigenvalue weighted by Gasteiger charge is 2.55. The van der Waals surface area contributed by atoms with E-state index in [4.69, 9.17) is 25.6 Å². The van der Waals surface area contributed by atoms with Gasteiger partial charge in [-0.25, -0.2) is 0 Å². The molecule has 7 nitrogen and oxygen atoms in total. The van der Waals surface area contributed by atoms with Crippen molar-refractivity contribution in [3.05, 3.63) is 30.3 Å². The van der Waals surface area contributed by atoms with Crippen molar-refractivity contribution < 1.29 is 29.1 Å². The van der Waals surface area contributed by atoms with Gasteiger partial charge in [-0.3, -0.25) is 4.29 Å². The van der Waals surface area contributed by atoms with Gasteiger partial charge in [0.15, 0.2) is 28.9 Å². The first-order valence-electron chi connectivity index (χ1n) is 7.23. The molecule has 24 heavy (non-hydrogen) atoms. The van der Waals surface area contributed by atoms with Crippen LogP contribution in [0.2, 0.25) is 0 Å². The number of ether oxygens (including phenoxy) is 2. The van der Waals surface area contributed by atoms with Crippen LogP contribution in [0.1, 0.15) is 0 Å². The highest BCUT2D eigenvalue weighted by atomic mass is 79.9. The summed E-state index contributed by atoms with van der Waals surface area (Å²) in [7, 11) is 1.81. The van der Waals surface area contributed by atoms with Gasteiger partial charge >= 0.3 is 0 Å². The van der Waals surface area contributed by atoms with Crippen molar-refractivity contribution in [1.82, 2.24) is 4.57 Å². The number of aliphatic hydroxyl groups is 3. The molecule has 0 aliphatic carbocycles. The number of aromatic nitrogens is 1. The van der Waals surface area contributed by atoms with Crippen LogP contribution in [0.3, 0.4) is 0 Å². The number of benzene rings is 1. The van der Waals surface area contributed by atoms with Crippen molar-refractivity contribution in [3.63, 3.8) is 0 Å². The van der Waals surface area contributed by atoms with Crippen LogP contribution in [0, 0.1) is 0 Å². The summed E-state index contributed by atoms with van der Waals surface area (Å²) < 4.78 is 16.2. The Morgan fingerprint density at radius 2 is 2.08 bits per heavy atom. The molecular formula is C15H17BrClNO6. The first kappa shape index (κ1) is 17.9. The lowest BCUT2D eigenvalue weighted by atomic mass is 9.99. The second-order valence-electron chi connectivity index (χ2n) is 5.64. The second-order valence-corrected chi connectivity index (χ2v) is 7.16. The summed E-state index contributed by atoms with van der Waals surface area (Å²) in [5.74, 6) is 0.445. The summed E-state index contributed by atoms with van der Waals surface area (Å²) in [6, 6.07) is 9.45. The van der Waals surface area contributed by atoms with Crippen molar-refractivity contribution in [1.29, 1.82) is 0 Å². The molecule has 1 saturated heterocycles. The minimum atomic E-state index is -1.58. The summed E-state index contributed by atoms with van der Waals surface area (Å²) in [5.41, 5.74) is 0.935. The number of hydrogen-bond donors (Lipinski definition) is 3. The number of fused-ring (bicyclic) bond motifs is 1. The van der Waals surface area contributed by atoms with Crippen LogP contribution in [0.25, 0.3) is 10.9 Å². The molecule has 1 aromatic carbocycles. The van der Waals surface area contributed by atoms with E-state index < -0.39 is 35.7 Å². The average molecular weight is 423 g/mol. The quantitative estimate of drug-likeness (QED) is 0.642. The van der Waals surface area contributed by atoms with Crippen LogP contribution in [-0.4, -0.2) is 55.6 Å². The fraction of sp³-hybridized carbons (Fsp3) is 0.467. The van der Waals surface area contributed by atoms with Gasteiger partial charge in [0.1, 0.15) is 6.10 Å². The maximum Gasteiger partial charge on any atom is 0.194 e. The number of nitrogens with zero attached hydrogens (tertiary/aromatic N) is 1. The van der Waals surface area contributed by atoms with Gasteiger partial charge in [0, 0.05) is 18.5 Å². The number of hydrogen-bond acceptors (Lipinski definition) is 6. The molecular weight excluding hydrogens is 406 g/mol. The molecule has 2 aromatic rings. The molecule has 1 aliphatic heterocycles. The van der Waals surface area contributed by atoms with Crippen LogP contribution in [0.5, 0.6) is 5.88 Å². The molecule has 132 valence electrons. The van der Waals surface area contributed by atoms with Gasteiger partial charge in [-0.05, 0) is 22.0 Å². The molecule has 3 rings (SSSR count). The minimum Gasteiger partial charge on any atom is -0.470 e. The van der Waals surface area contributed by atoms with Gasteiger partial charge < -0.3 is 29.4 Å². The van der Waals surface area contributed by atoms with Crippen molar-refractivity contribution in [2.45, 2.75) is 29.1 Å². The normalized spacial score (nSPS) is 33.8. The average Bonchev–Trinajstić information content (AvgIpc) is 2.89. The molecule has 0 spiro atoms. The van der Waals surface area contributed by atoms with Gasteiger partial charge in [-0.1, -0.05) is 18.2 Å². The summed E-state index contributed by atoms with van der Waals surface area (Å²) in [6.07, 6.45) is -5.18. The SMILES string of the molecule is Cn1c(O[C@@H]2[C@@H](O)[C@@H](O)O[C@](Br)(CO)[C@H]2OCl)cc2ccccc21. The summed E-state index contributed by atoms with van der Waals surface area (Å²) >= 11 is 8.69. The van der Waals surface area contributed by atoms with Gasteiger partial charge in [-0.15, -0.1) is 0 Å². The fourth-order valence-electron chi connectivity index (χ4n) is 2.82. The highest BCUT2D eigenvalue weighted by Crippen LogP contribution is 2.39. The lowest BCUT2D eigenvalue weighted by Crippen LogP contribution is -2.65. The number of halogens is 2. The number of para-hydroxylation sites is 1. The highest BCUT2D eigenvalue weighted by molar-refractivity contribution is 9.10. The van der Waals surface area contributed by atoms with Gasteiger partial charge in [0.05, 0.1) is 24.0 Å². The number of aliphatic hydroxyl groups excluding tert-OH is 3. The number of rotatable bonds is 4. The van der Waals surface area contributed by atoms with Crippen LogP contribution < -0.4 is 4.74 Å². The zero-order valence-corrected chi connectivity index (χ0v) is 15.0. The lowest BCUT2D eigenvalue weighted by Gasteiger charge is -2.45. The summed E-state index contributed by atoms with van der Waals surface area (Å²) in [4.78, 5) is 0. The monoisotopic (exact) mass is 421 g/mol. The zero-order chi connectivity index (χ0) is 17.5. The third kappa shape index (κ3) is 2.92. The fourth-order valence-corrected chi connectivity index (χ4v) is 3.71. The minimum absolute atomic E-state index is 0.445. The Bertz CT molecular complexity index is 727. The van der Waals surface area contributed by atoms with Crippen LogP contribution in [0.4, 0.5) is 0 Å². The predicted molar refractivity (Wildman–Crippen MR) is 89.9 cm³/mol. The summed E-state index contributed by atoms with van der Waals surface area (Å²) in [6.45, 7) is -0.552. The largest absolute Gasteiger partial charge is 0.470 e. The Labute approximate surface area is 151 Å². The van der Waals surface area contributed by atoms with Gasteiger partial charge in [0.2, 0.25) is 0 Å². The van der Waals surface area contributed by atoms with Crippen LogP contribution >= 0.6 is 27.8 Å². The van der Waals surface area contributed by atoms with E-state index >= 15 is 0 Å². The van der Waals surface area contributed by atoms with E-state index in [-0.39, 0.29) is 0 Å². The molecule has 5 atom stereocenters. The van der Waals surface area contributed by atoms with Crippen molar-refractivity contribution in [3.8, 4) is 5.88 Å². The van der Waals surface area contributed by atoms with E-state index in [9.17, 15) is 15.3 Å². The molecule has 1 aliphatic rings. The Hall–Kier alpha value is -0.870. The van der Waals surface area contributed by atoms with E-state index in [1.807, 2.05) is 31.3 Å². The van der Waals surface area contributed by atoms with Crippen molar-refractivity contribution >= 4 is 38.7 Å². The third-order valence-electron chi connectivity index (χ3n) is 4.14. The topological polar surface area (TPSA) is 93.3 Å².